The molecule has 5 rings (SSSR count). The van der Waals surface area contributed by atoms with Gasteiger partial charge in [-0.1, -0.05) is 11.6 Å². The first-order valence-electron chi connectivity index (χ1n) is 13.3. The average Bonchev–Trinajstić information content (AvgIpc) is 2.94. The summed E-state index contributed by atoms with van der Waals surface area (Å²) in [5.74, 6) is 1.47. The normalized spacial score (nSPS) is 23.6. The number of hydrogen-bond acceptors (Lipinski definition) is 7. The Morgan fingerprint density at radius 1 is 1.16 bits per heavy atom. The van der Waals surface area contributed by atoms with E-state index in [9.17, 15) is 9.59 Å². The van der Waals surface area contributed by atoms with Crippen LogP contribution in [0.3, 0.4) is 0 Å². The molecule has 9 nitrogen and oxygen atoms in total. The summed E-state index contributed by atoms with van der Waals surface area (Å²) in [4.78, 5) is 30.9. The molecule has 1 amide bonds. The molecule has 1 aliphatic carbocycles. The molecule has 2 fully saturated rings. The molecule has 1 saturated heterocycles. The number of amides is 1. The highest BCUT2D eigenvalue weighted by atomic mass is 35.5. The average molecular weight is 546 g/mol. The Bertz CT molecular complexity index is 1230. The van der Waals surface area contributed by atoms with Crippen molar-refractivity contribution in [1.29, 1.82) is 0 Å². The minimum Gasteiger partial charge on any atom is -0.496 e. The quantitative estimate of drug-likeness (QED) is 0.571. The molecule has 0 spiro atoms. The van der Waals surface area contributed by atoms with Gasteiger partial charge in [0.2, 0.25) is 0 Å². The van der Waals surface area contributed by atoms with Crippen molar-refractivity contribution in [2.75, 3.05) is 40.0 Å². The largest absolute Gasteiger partial charge is 0.496 e. The number of hydrogen-bond donors (Lipinski definition) is 2. The van der Waals surface area contributed by atoms with Gasteiger partial charge in [-0.25, -0.2) is 0 Å². The van der Waals surface area contributed by atoms with E-state index in [2.05, 4.69) is 15.2 Å². The van der Waals surface area contributed by atoms with E-state index in [-0.39, 0.29) is 24.1 Å². The van der Waals surface area contributed by atoms with Gasteiger partial charge in [0.25, 0.3) is 11.5 Å². The van der Waals surface area contributed by atoms with Crippen LogP contribution in [-0.4, -0.2) is 68.0 Å². The number of aromatic amines is 1. The Kier molecular flexibility index (Phi) is 8.16. The first kappa shape index (κ1) is 26.8. The summed E-state index contributed by atoms with van der Waals surface area (Å²) in [6.45, 7) is 7.74. The van der Waals surface area contributed by atoms with Crippen LogP contribution >= 0.6 is 11.6 Å². The smallest absolute Gasteiger partial charge is 0.256 e. The van der Waals surface area contributed by atoms with E-state index in [1.165, 1.54) is 7.11 Å². The molecule has 2 N–H and O–H groups in total. The maximum Gasteiger partial charge on any atom is 0.256 e. The number of aryl methyl sites for hydroxylation is 1. The van der Waals surface area contributed by atoms with E-state index in [0.29, 0.717) is 63.2 Å². The second kappa shape index (κ2) is 11.6. The zero-order valence-electron chi connectivity index (χ0n) is 22.2. The molecule has 2 aromatic rings. The number of nitrogens with zero attached hydrogens (tertiary/aromatic N) is 1. The van der Waals surface area contributed by atoms with Gasteiger partial charge in [0.1, 0.15) is 18.5 Å². The lowest BCUT2D eigenvalue weighted by Crippen LogP contribution is -2.47. The van der Waals surface area contributed by atoms with Gasteiger partial charge < -0.3 is 29.2 Å². The topological polar surface area (TPSA) is 102 Å². The monoisotopic (exact) mass is 545 g/mol. The highest BCUT2D eigenvalue weighted by molar-refractivity contribution is 6.32. The van der Waals surface area contributed by atoms with Crippen molar-refractivity contribution < 1.29 is 23.7 Å². The molecule has 38 heavy (non-hydrogen) atoms. The number of ether oxygens (including phenoxy) is 4. The molecular formula is C28H36ClN3O6. The molecule has 206 valence electrons. The molecule has 1 aromatic heterocycles. The van der Waals surface area contributed by atoms with Crippen LogP contribution in [0.2, 0.25) is 5.02 Å². The highest BCUT2D eigenvalue weighted by Gasteiger charge is 2.36. The second-order valence-corrected chi connectivity index (χ2v) is 10.8. The fraction of sp³-hybridized carbons (Fsp3) is 0.571. The van der Waals surface area contributed by atoms with Crippen LogP contribution in [0.25, 0.3) is 0 Å². The van der Waals surface area contributed by atoms with Crippen molar-refractivity contribution in [1.82, 2.24) is 15.2 Å². The molecule has 1 atom stereocenters. The third-order valence-electron chi connectivity index (χ3n) is 8.05. The summed E-state index contributed by atoms with van der Waals surface area (Å²) in [5.41, 5.74) is 1.78. The van der Waals surface area contributed by atoms with Crippen molar-refractivity contribution in [2.45, 2.75) is 58.2 Å². The summed E-state index contributed by atoms with van der Waals surface area (Å²) in [6.07, 6.45) is 4.34. The SMILES string of the molecule is COc1cc(C)[nH]c(=O)c1CNC(=O)c1cc(Cl)c2c(c1C)OC(C1CCC(N3CCOCC3)CC1)CO2. The molecule has 0 radical (unpaired) electrons. The Balaban J connectivity index is 1.27. The standard InChI is InChI=1S/C28H36ClN3O6/c1-16-12-23(35-3)21(28(34)31-16)14-30-27(33)20-13-22(29)26-25(17(20)2)38-24(15-37-26)18-4-6-19(7-5-18)32-8-10-36-11-9-32/h12-13,18-19,24H,4-11,14-15H2,1-3H3,(H,30,33)(H,31,34). The van der Waals surface area contributed by atoms with Crippen molar-refractivity contribution >= 4 is 17.5 Å². The van der Waals surface area contributed by atoms with Gasteiger partial charge in [-0.15, -0.1) is 0 Å². The maximum absolute atomic E-state index is 13.2. The summed E-state index contributed by atoms with van der Waals surface area (Å²) in [7, 11) is 1.50. The summed E-state index contributed by atoms with van der Waals surface area (Å²) in [6, 6.07) is 3.93. The van der Waals surface area contributed by atoms with Crippen LogP contribution in [0.15, 0.2) is 16.9 Å². The summed E-state index contributed by atoms with van der Waals surface area (Å²) >= 11 is 6.53. The van der Waals surface area contributed by atoms with Gasteiger partial charge in [0.15, 0.2) is 11.5 Å². The van der Waals surface area contributed by atoms with Gasteiger partial charge in [0.05, 0.1) is 37.5 Å². The van der Waals surface area contributed by atoms with Crippen LogP contribution in [0.1, 0.15) is 52.9 Å². The molecular weight excluding hydrogens is 510 g/mol. The number of morpholine rings is 1. The Labute approximate surface area is 227 Å². The molecule has 1 unspecified atom stereocenters. The van der Waals surface area contributed by atoms with E-state index in [1.54, 1.807) is 19.1 Å². The van der Waals surface area contributed by atoms with Crippen LogP contribution in [0.4, 0.5) is 0 Å². The summed E-state index contributed by atoms with van der Waals surface area (Å²) in [5, 5.41) is 3.16. The molecule has 0 bridgehead atoms. The first-order valence-corrected chi connectivity index (χ1v) is 13.7. The fourth-order valence-corrected chi connectivity index (χ4v) is 6.13. The number of nitrogens with one attached hydrogen (secondary N) is 2. The lowest BCUT2D eigenvalue weighted by molar-refractivity contribution is -0.0118. The molecule has 10 heteroatoms. The molecule has 1 aromatic carbocycles. The zero-order valence-corrected chi connectivity index (χ0v) is 23.0. The van der Waals surface area contributed by atoms with Crippen molar-refractivity contribution in [3.05, 3.63) is 49.9 Å². The summed E-state index contributed by atoms with van der Waals surface area (Å²) < 4.78 is 23.4. The van der Waals surface area contributed by atoms with Gasteiger partial charge in [-0.2, -0.15) is 0 Å². The van der Waals surface area contributed by atoms with E-state index >= 15 is 0 Å². The van der Waals surface area contributed by atoms with E-state index in [1.807, 2.05) is 6.92 Å². The fourth-order valence-electron chi connectivity index (χ4n) is 5.88. The van der Waals surface area contributed by atoms with Crippen molar-refractivity contribution in [3.63, 3.8) is 0 Å². The minimum absolute atomic E-state index is 0.0120. The van der Waals surface area contributed by atoms with Crippen LogP contribution in [-0.2, 0) is 11.3 Å². The number of benzene rings is 1. The number of aromatic nitrogens is 1. The Morgan fingerprint density at radius 3 is 2.61 bits per heavy atom. The van der Waals surface area contributed by atoms with E-state index in [4.69, 9.17) is 30.5 Å². The van der Waals surface area contributed by atoms with Gasteiger partial charge in [-0.05, 0) is 57.6 Å². The zero-order chi connectivity index (χ0) is 26.8. The lowest BCUT2D eigenvalue weighted by atomic mass is 9.82. The number of carbonyl (C=O) groups excluding carboxylic acids is 1. The van der Waals surface area contributed by atoms with E-state index < -0.39 is 0 Å². The second-order valence-electron chi connectivity index (χ2n) is 10.4. The number of carbonyl (C=O) groups is 1. The number of halogens is 1. The molecule has 1 saturated carbocycles. The van der Waals surface area contributed by atoms with Gasteiger partial charge in [0, 0.05) is 36.0 Å². The van der Waals surface area contributed by atoms with Crippen molar-refractivity contribution in [2.24, 2.45) is 5.92 Å². The predicted molar refractivity (Wildman–Crippen MR) is 144 cm³/mol. The molecule has 2 aliphatic heterocycles. The predicted octanol–water partition coefficient (Wildman–Crippen LogP) is 3.61. The number of rotatable bonds is 6. The number of H-pyrrole nitrogens is 1. The molecule has 3 aliphatic rings. The Hall–Kier alpha value is -2.75. The molecule has 3 heterocycles. The lowest BCUT2D eigenvalue weighted by Gasteiger charge is -2.41. The Morgan fingerprint density at radius 2 is 1.89 bits per heavy atom. The van der Waals surface area contributed by atoms with Crippen molar-refractivity contribution in [3.8, 4) is 17.2 Å². The van der Waals surface area contributed by atoms with Crippen LogP contribution in [0, 0.1) is 19.8 Å². The third kappa shape index (κ3) is 5.51. The van der Waals surface area contributed by atoms with Crippen LogP contribution in [0.5, 0.6) is 17.2 Å². The third-order valence-corrected chi connectivity index (χ3v) is 8.33. The number of pyridine rings is 1. The van der Waals surface area contributed by atoms with E-state index in [0.717, 1.165) is 52.0 Å². The van der Waals surface area contributed by atoms with Gasteiger partial charge in [-0.3, -0.25) is 14.5 Å². The number of methoxy groups -OCH3 is 1. The van der Waals surface area contributed by atoms with Crippen LogP contribution < -0.4 is 25.1 Å². The first-order chi connectivity index (χ1) is 18.4. The highest BCUT2D eigenvalue weighted by Crippen LogP contribution is 2.45. The minimum atomic E-state index is -0.356. The maximum atomic E-state index is 13.2. The van der Waals surface area contributed by atoms with Gasteiger partial charge >= 0.3 is 0 Å². The number of fused-ring (bicyclic) bond motifs is 1.